The SMILES string of the molecule is CN(C)c1nc2c(F)cc(Cl)cc2c(Cc2ccccc2Cl)c1C(=O)O. The van der Waals surface area contributed by atoms with Crippen LogP contribution in [0.5, 0.6) is 0 Å². The van der Waals surface area contributed by atoms with Gasteiger partial charge in [-0.05, 0) is 29.3 Å². The van der Waals surface area contributed by atoms with Gasteiger partial charge in [-0.15, -0.1) is 0 Å². The fourth-order valence-corrected chi connectivity index (χ4v) is 3.31. The van der Waals surface area contributed by atoms with E-state index in [1.165, 1.54) is 6.07 Å². The number of rotatable bonds is 4. The van der Waals surface area contributed by atoms with Crippen molar-refractivity contribution in [3.63, 3.8) is 0 Å². The first-order chi connectivity index (χ1) is 12.3. The second kappa shape index (κ2) is 7.09. The number of carbonyl (C=O) groups is 1. The number of hydrogen-bond acceptors (Lipinski definition) is 3. The molecule has 0 amide bonds. The molecule has 0 atom stereocenters. The summed E-state index contributed by atoms with van der Waals surface area (Å²) in [5.74, 6) is -1.58. The fraction of sp³-hybridized carbons (Fsp3) is 0.158. The van der Waals surface area contributed by atoms with Crippen LogP contribution in [0.1, 0.15) is 21.5 Å². The van der Waals surface area contributed by atoms with E-state index in [9.17, 15) is 14.3 Å². The van der Waals surface area contributed by atoms with Crippen molar-refractivity contribution in [2.45, 2.75) is 6.42 Å². The van der Waals surface area contributed by atoms with Crippen molar-refractivity contribution in [3.05, 3.63) is 69.0 Å². The topological polar surface area (TPSA) is 53.4 Å². The minimum atomic E-state index is -1.15. The zero-order chi connectivity index (χ0) is 19.0. The van der Waals surface area contributed by atoms with E-state index in [1.54, 1.807) is 37.2 Å². The summed E-state index contributed by atoms with van der Waals surface area (Å²) in [4.78, 5) is 17.8. The summed E-state index contributed by atoms with van der Waals surface area (Å²) in [5.41, 5.74) is 1.23. The molecule has 134 valence electrons. The Morgan fingerprint density at radius 3 is 2.54 bits per heavy atom. The predicted octanol–water partition coefficient (Wildman–Crippen LogP) is 5.04. The molecule has 4 nitrogen and oxygen atoms in total. The van der Waals surface area contributed by atoms with E-state index >= 15 is 0 Å². The van der Waals surface area contributed by atoms with E-state index in [-0.39, 0.29) is 28.3 Å². The molecule has 0 fully saturated rings. The summed E-state index contributed by atoms with van der Waals surface area (Å²) in [6, 6.07) is 9.82. The maximum absolute atomic E-state index is 14.5. The lowest BCUT2D eigenvalue weighted by Gasteiger charge is -2.20. The number of fused-ring (bicyclic) bond motifs is 1. The van der Waals surface area contributed by atoms with E-state index < -0.39 is 11.8 Å². The zero-order valence-corrected chi connectivity index (χ0v) is 15.6. The summed E-state index contributed by atoms with van der Waals surface area (Å²) in [6.07, 6.45) is 0.209. The van der Waals surface area contributed by atoms with E-state index in [2.05, 4.69) is 4.98 Å². The number of benzene rings is 2. The van der Waals surface area contributed by atoms with Crippen LogP contribution >= 0.6 is 23.2 Å². The first kappa shape index (κ1) is 18.4. The third kappa shape index (κ3) is 3.32. The molecule has 26 heavy (non-hydrogen) atoms. The Morgan fingerprint density at radius 2 is 1.92 bits per heavy atom. The molecular formula is C19H15Cl2FN2O2. The molecule has 1 heterocycles. The fourth-order valence-electron chi connectivity index (χ4n) is 2.91. The Morgan fingerprint density at radius 1 is 1.23 bits per heavy atom. The molecule has 1 N–H and O–H groups in total. The summed E-state index contributed by atoms with van der Waals surface area (Å²) in [6.45, 7) is 0. The molecule has 1 aromatic heterocycles. The highest BCUT2D eigenvalue weighted by atomic mass is 35.5. The van der Waals surface area contributed by atoms with Gasteiger partial charge < -0.3 is 10.0 Å². The number of nitrogens with zero attached hydrogens (tertiary/aromatic N) is 2. The first-order valence-electron chi connectivity index (χ1n) is 7.75. The Labute approximate surface area is 159 Å². The van der Waals surface area contributed by atoms with Crippen LogP contribution in [-0.2, 0) is 6.42 Å². The molecule has 0 spiro atoms. The minimum absolute atomic E-state index is 0.00378. The molecule has 3 aromatic rings. The van der Waals surface area contributed by atoms with Gasteiger partial charge in [0.05, 0.1) is 0 Å². The van der Waals surface area contributed by atoms with E-state index in [0.717, 1.165) is 11.6 Å². The normalized spacial score (nSPS) is 11.0. The number of carboxylic acids is 1. The standard InChI is InChI=1S/C19H15Cl2FN2O2/c1-24(2)18-16(19(25)26)12(7-10-5-3-4-6-14(10)21)13-8-11(20)9-15(22)17(13)23-18/h3-6,8-9H,7H2,1-2H3,(H,25,26). The molecule has 7 heteroatoms. The van der Waals surface area contributed by atoms with Crippen LogP contribution in [0.15, 0.2) is 36.4 Å². The van der Waals surface area contributed by atoms with Crippen molar-refractivity contribution in [1.82, 2.24) is 4.98 Å². The summed E-state index contributed by atoms with van der Waals surface area (Å²) >= 11 is 12.3. The van der Waals surface area contributed by atoms with Gasteiger partial charge in [-0.2, -0.15) is 0 Å². The van der Waals surface area contributed by atoms with Gasteiger partial charge >= 0.3 is 5.97 Å². The highest BCUT2D eigenvalue weighted by Gasteiger charge is 2.24. The van der Waals surface area contributed by atoms with Gasteiger partial charge in [-0.25, -0.2) is 14.2 Å². The van der Waals surface area contributed by atoms with E-state index in [1.807, 2.05) is 6.07 Å². The van der Waals surface area contributed by atoms with Crippen molar-refractivity contribution in [2.75, 3.05) is 19.0 Å². The lowest BCUT2D eigenvalue weighted by atomic mass is 9.95. The number of aromatic nitrogens is 1. The molecular weight excluding hydrogens is 378 g/mol. The van der Waals surface area contributed by atoms with Gasteiger partial charge in [0.2, 0.25) is 0 Å². The quantitative estimate of drug-likeness (QED) is 0.675. The number of hydrogen-bond donors (Lipinski definition) is 1. The largest absolute Gasteiger partial charge is 0.478 e. The highest BCUT2D eigenvalue weighted by molar-refractivity contribution is 6.32. The molecule has 0 bridgehead atoms. The van der Waals surface area contributed by atoms with Crippen molar-refractivity contribution in [1.29, 1.82) is 0 Å². The monoisotopic (exact) mass is 392 g/mol. The Bertz CT molecular complexity index is 1020. The van der Waals surface area contributed by atoms with Crippen molar-refractivity contribution in [3.8, 4) is 0 Å². The van der Waals surface area contributed by atoms with Crippen LogP contribution in [0.3, 0.4) is 0 Å². The summed E-state index contributed by atoms with van der Waals surface area (Å²) in [5, 5.41) is 10.8. The number of halogens is 3. The van der Waals surface area contributed by atoms with Gasteiger partial charge in [0.1, 0.15) is 16.9 Å². The highest BCUT2D eigenvalue weighted by Crippen LogP contribution is 2.34. The van der Waals surface area contributed by atoms with Gasteiger partial charge in [0.15, 0.2) is 5.82 Å². The Kier molecular flexibility index (Phi) is 5.03. The molecule has 0 aliphatic carbocycles. The van der Waals surface area contributed by atoms with E-state index in [0.29, 0.717) is 16.0 Å². The summed E-state index contributed by atoms with van der Waals surface area (Å²) in [7, 11) is 3.32. The van der Waals surface area contributed by atoms with Crippen LogP contribution < -0.4 is 4.90 Å². The molecule has 0 saturated carbocycles. The Hall–Kier alpha value is -2.37. The molecule has 0 unspecified atom stereocenters. The zero-order valence-electron chi connectivity index (χ0n) is 14.1. The molecule has 0 radical (unpaired) electrons. The second-order valence-electron chi connectivity index (χ2n) is 6.04. The number of pyridine rings is 1. The number of anilines is 1. The average molecular weight is 393 g/mol. The Balaban J connectivity index is 2.41. The number of carboxylic acid groups (broad SMARTS) is 1. The van der Waals surface area contributed by atoms with Gasteiger partial charge in [-0.3, -0.25) is 0 Å². The molecule has 0 aliphatic rings. The van der Waals surface area contributed by atoms with Crippen LogP contribution in [0, 0.1) is 5.82 Å². The van der Waals surface area contributed by atoms with Crippen molar-refractivity contribution < 1.29 is 14.3 Å². The van der Waals surface area contributed by atoms with Crippen LogP contribution in [0.2, 0.25) is 10.0 Å². The van der Waals surface area contributed by atoms with Crippen LogP contribution in [-0.4, -0.2) is 30.2 Å². The van der Waals surface area contributed by atoms with Crippen LogP contribution in [0.4, 0.5) is 10.2 Å². The van der Waals surface area contributed by atoms with Gasteiger partial charge in [0, 0.05) is 35.9 Å². The summed E-state index contributed by atoms with van der Waals surface area (Å²) < 4.78 is 14.5. The maximum Gasteiger partial charge on any atom is 0.339 e. The third-order valence-corrected chi connectivity index (χ3v) is 4.65. The van der Waals surface area contributed by atoms with Crippen LogP contribution in [0.25, 0.3) is 10.9 Å². The van der Waals surface area contributed by atoms with Gasteiger partial charge in [0.25, 0.3) is 0 Å². The van der Waals surface area contributed by atoms with E-state index in [4.69, 9.17) is 23.2 Å². The van der Waals surface area contributed by atoms with Gasteiger partial charge in [-0.1, -0.05) is 41.4 Å². The predicted molar refractivity (Wildman–Crippen MR) is 102 cm³/mol. The lowest BCUT2D eigenvalue weighted by molar-refractivity contribution is 0.0696. The third-order valence-electron chi connectivity index (χ3n) is 4.06. The first-order valence-corrected chi connectivity index (χ1v) is 8.51. The lowest BCUT2D eigenvalue weighted by Crippen LogP contribution is -2.18. The molecule has 0 saturated heterocycles. The average Bonchev–Trinajstić information content (AvgIpc) is 2.56. The van der Waals surface area contributed by atoms with Crippen molar-refractivity contribution in [2.24, 2.45) is 0 Å². The molecule has 2 aromatic carbocycles. The maximum atomic E-state index is 14.5. The minimum Gasteiger partial charge on any atom is -0.478 e. The smallest absolute Gasteiger partial charge is 0.339 e. The molecule has 0 aliphatic heterocycles. The molecule has 3 rings (SSSR count). The second-order valence-corrected chi connectivity index (χ2v) is 6.88. The number of aromatic carboxylic acids is 1. The van der Waals surface area contributed by atoms with Crippen molar-refractivity contribution >= 4 is 45.9 Å².